The van der Waals surface area contributed by atoms with Crippen LogP contribution in [-0.4, -0.2) is 70.4 Å². The highest BCUT2D eigenvalue weighted by atomic mass is 127. The third kappa shape index (κ3) is 6.44. The minimum Gasteiger partial charge on any atom is -0.492 e. The summed E-state index contributed by atoms with van der Waals surface area (Å²) in [6, 6.07) is 9.82. The van der Waals surface area contributed by atoms with Crippen LogP contribution >= 0.6 is 24.0 Å². The topological polar surface area (TPSA) is 92.5 Å². The van der Waals surface area contributed by atoms with Crippen LogP contribution in [0.25, 0.3) is 11.0 Å². The average Bonchev–Trinajstić information content (AvgIpc) is 3.13. The molecule has 0 fully saturated rings. The number of hydrogen-bond acceptors (Lipinski definition) is 6. The predicted molar refractivity (Wildman–Crippen MR) is 131 cm³/mol. The van der Waals surface area contributed by atoms with Crippen LogP contribution in [0.1, 0.15) is 6.92 Å². The predicted octanol–water partition coefficient (Wildman–Crippen LogP) is 2.37. The molecule has 0 aliphatic rings. The van der Waals surface area contributed by atoms with Gasteiger partial charge in [-0.1, -0.05) is 18.2 Å². The number of aryl methyl sites for hydroxylation is 1. The number of nitrogens with one attached hydrogen (secondary N) is 2. The molecule has 0 spiro atoms. The molecule has 2 aromatic heterocycles. The fraction of sp³-hybridized carbons (Fsp3) is 0.400. The molecule has 9 nitrogen and oxygen atoms in total. The van der Waals surface area contributed by atoms with Crippen LogP contribution in [0.3, 0.4) is 0 Å². The van der Waals surface area contributed by atoms with Crippen molar-refractivity contribution in [1.82, 2.24) is 30.0 Å². The van der Waals surface area contributed by atoms with E-state index >= 15 is 0 Å². The van der Waals surface area contributed by atoms with Gasteiger partial charge in [0.2, 0.25) is 0 Å². The van der Waals surface area contributed by atoms with Gasteiger partial charge in [0.15, 0.2) is 11.6 Å². The van der Waals surface area contributed by atoms with Crippen LogP contribution in [0.15, 0.2) is 47.8 Å². The first-order valence-corrected chi connectivity index (χ1v) is 9.73. The molecule has 30 heavy (non-hydrogen) atoms. The van der Waals surface area contributed by atoms with Crippen LogP contribution in [-0.2, 0) is 7.05 Å². The normalized spacial score (nSPS) is 11.1. The van der Waals surface area contributed by atoms with Crippen molar-refractivity contribution in [3.05, 3.63) is 42.9 Å². The Hall–Kier alpha value is -2.63. The number of fused-ring (bicyclic) bond motifs is 1. The van der Waals surface area contributed by atoms with Crippen molar-refractivity contribution in [2.24, 2.45) is 12.0 Å². The lowest BCUT2D eigenvalue weighted by atomic mass is 10.3. The molecule has 0 aliphatic heterocycles. The Bertz CT molecular complexity index is 931. The zero-order chi connectivity index (χ0) is 20.5. The molecule has 162 valence electrons. The fourth-order valence-electron chi connectivity index (χ4n) is 2.83. The van der Waals surface area contributed by atoms with E-state index in [0.29, 0.717) is 19.7 Å². The summed E-state index contributed by atoms with van der Waals surface area (Å²) in [5, 5.41) is 11.8. The number of likely N-dealkylation sites (N-methyl/N-ethyl adjacent to an activating group) is 1. The minimum absolute atomic E-state index is 0. The van der Waals surface area contributed by atoms with Crippen molar-refractivity contribution < 1.29 is 4.74 Å². The highest BCUT2D eigenvalue weighted by molar-refractivity contribution is 14.0. The van der Waals surface area contributed by atoms with Crippen LogP contribution in [0.5, 0.6) is 5.75 Å². The van der Waals surface area contributed by atoms with Gasteiger partial charge < -0.3 is 20.3 Å². The van der Waals surface area contributed by atoms with Crippen molar-refractivity contribution in [1.29, 1.82) is 0 Å². The largest absolute Gasteiger partial charge is 0.492 e. The summed E-state index contributed by atoms with van der Waals surface area (Å²) >= 11 is 0. The Labute approximate surface area is 194 Å². The van der Waals surface area contributed by atoms with E-state index in [9.17, 15) is 0 Å². The fourth-order valence-corrected chi connectivity index (χ4v) is 2.83. The number of anilines is 1. The van der Waals surface area contributed by atoms with E-state index in [2.05, 4.69) is 42.5 Å². The molecule has 0 saturated carbocycles. The molecule has 10 heteroatoms. The minimum atomic E-state index is 0. The molecule has 3 aromatic rings. The third-order valence-corrected chi connectivity index (χ3v) is 4.33. The third-order valence-electron chi connectivity index (χ3n) is 4.33. The van der Waals surface area contributed by atoms with E-state index in [1.807, 2.05) is 44.4 Å². The van der Waals surface area contributed by atoms with E-state index in [1.54, 1.807) is 17.2 Å². The van der Waals surface area contributed by atoms with Crippen LogP contribution in [0.4, 0.5) is 5.82 Å². The number of halogens is 1. The zero-order valence-corrected chi connectivity index (χ0v) is 19.9. The summed E-state index contributed by atoms with van der Waals surface area (Å²) in [6.45, 7) is 5.45. The number of hydrogen-bond donors (Lipinski definition) is 2. The number of guanidine groups is 1. The van der Waals surface area contributed by atoms with E-state index in [-0.39, 0.29) is 24.0 Å². The van der Waals surface area contributed by atoms with Crippen LogP contribution in [0.2, 0.25) is 0 Å². The van der Waals surface area contributed by atoms with Gasteiger partial charge in [-0.05, 0) is 19.1 Å². The highest BCUT2D eigenvalue weighted by Gasteiger charge is 2.08. The van der Waals surface area contributed by atoms with Gasteiger partial charge >= 0.3 is 0 Å². The van der Waals surface area contributed by atoms with Gasteiger partial charge in [-0.25, -0.2) is 9.97 Å². The molecule has 0 aliphatic carbocycles. The average molecular weight is 524 g/mol. The van der Waals surface area contributed by atoms with Gasteiger partial charge in [0.1, 0.15) is 24.5 Å². The second-order valence-corrected chi connectivity index (χ2v) is 6.47. The summed E-state index contributed by atoms with van der Waals surface area (Å²) in [5.74, 6) is 2.49. The molecule has 0 unspecified atom stereocenters. The number of ether oxygens (including phenoxy) is 1. The maximum atomic E-state index is 5.77. The Morgan fingerprint density at radius 3 is 2.80 bits per heavy atom. The first kappa shape index (κ1) is 23.6. The molecular weight excluding hydrogens is 495 g/mol. The maximum Gasteiger partial charge on any atom is 0.193 e. The van der Waals surface area contributed by atoms with Gasteiger partial charge in [-0.2, -0.15) is 5.10 Å². The van der Waals surface area contributed by atoms with Crippen molar-refractivity contribution in [2.45, 2.75) is 6.92 Å². The van der Waals surface area contributed by atoms with Crippen LogP contribution in [0, 0.1) is 0 Å². The number of nitrogens with zero attached hydrogens (tertiary/aromatic N) is 6. The van der Waals surface area contributed by atoms with E-state index in [4.69, 9.17) is 4.74 Å². The monoisotopic (exact) mass is 524 g/mol. The summed E-state index contributed by atoms with van der Waals surface area (Å²) in [4.78, 5) is 15.3. The van der Waals surface area contributed by atoms with Crippen molar-refractivity contribution in [3.63, 3.8) is 0 Å². The number of para-hydroxylation sites is 1. The molecule has 2 N–H and O–H groups in total. The Balaban J connectivity index is 0.00000320. The highest BCUT2D eigenvalue weighted by Crippen LogP contribution is 2.17. The second kappa shape index (κ2) is 12.2. The lowest BCUT2D eigenvalue weighted by molar-refractivity contribution is 0.281. The molecule has 0 saturated heterocycles. The van der Waals surface area contributed by atoms with E-state index in [0.717, 1.165) is 41.6 Å². The molecule has 3 rings (SSSR count). The quantitative estimate of drug-likeness (QED) is 0.192. The van der Waals surface area contributed by atoms with E-state index < -0.39 is 0 Å². The Morgan fingerprint density at radius 2 is 2.03 bits per heavy atom. The van der Waals surface area contributed by atoms with Crippen molar-refractivity contribution >= 4 is 46.8 Å². The lowest BCUT2D eigenvalue weighted by Gasteiger charge is -2.22. The maximum absolute atomic E-state index is 5.77. The number of rotatable bonds is 9. The number of aliphatic imine (C=N–C) groups is 1. The standard InChI is InChI=1S/C20H28N8O.HI/c1-4-21-20(27(2)12-13-29-16-8-6-5-7-9-16)23-11-10-22-18-17-14-26-28(3)19(17)25-15-24-18;/h5-9,14-15H,4,10-13H2,1-3H3,(H,21,23)(H,22,24,25);1H. The zero-order valence-electron chi connectivity index (χ0n) is 17.6. The van der Waals surface area contributed by atoms with Crippen LogP contribution < -0.4 is 15.4 Å². The SMILES string of the molecule is CCNC(=NCCNc1ncnc2c1cnn2C)N(C)CCOc1ccccc1.I. The van der Waals surface area contributed by atoms with Gasteiger partial charge in [-0.15, -0.1) is 24.0 Å². The smallest absolute Gasteiger partial charge is 0.193 e. The Morgan fingerprint density at radius 1 is 1.23 bits per heavy atom. The molecule has 2 heterocycles. The molecule has 0 atom stereocenters. The summed E-state index contributed by atoms with van der Waals surface area (Å²) in [6.07, 6.45) is 3.31. The van der Waals surface area contributed by atoms with Crippen molar-refractivity contribution in [3.8, 4) is 5.75 Å². The van der Waals surface area contributed by atoms with Gasteiger partial charge in [0.25, 0.3) is 0 Å². The number of benzene rings is 1. The molecular formula is C20H29IN8O. The number of aromatic nitrogens is 4. The molecule has 0 amide bonds. The molecule has 1 aromatic carbocycles. The van der Waals surface area contributed by atoms with E-state index in [1.165, 1.54) is 0 Å². The molecule has 0 radical (unpaired) electrons. The first-order chi connectivity index (χ1) is 14.2. The second-order valence-electron chi connectivity index (χ2n) is 6.47. The molecule has 0 bridgehead atoms. The Kier molecular flexibility index (Phi) is 9.58. The lowest BCUT2D eigenvalue weighted by Crippen LogP contribution is -2.41. The summed E-state index contributed by atoms with van der Waals surface area (Å²) in [7, 11) is 3.87. The van der Waals surface area contributed by atoms with Crippen molar-refractivity contribution in [2.75, 3.05) is 45.2 Å². The van der Waals surface area contributed by atoms with Gasteiger partial charge in [0.05, 0.1) is 24.7 Å². The van der Waals surface area contributed by atoms with Gasteiger partial charge in [0, 0.05) is 27.2 Å². The summed E-state index contributed by atoms with van der Waals surface area (Å²) < 4.78 is 7.50. The van der Waals surface area contributed by atoms with Gasteiger partial charge in [-0.3, -0.25) is 9.67 Å². The summed E-state index contributed by atoms with van der Waals surface area (Å²) in [5.41, 5.74) is 0.803. The first-order valence-electron chi connectivity index (χ1n) is 9.73.